The van der Waals surface area contributed by atoms with E-state index >= 15 is 0 Å². The minimum atomic E-state index is 0.0360. The molecule has 3 heteroatoms. The zero-order valence-corrected chi connectivity index (χ0v) is 9.59. The lowest BCUT2D eigenvalue weighted by atomic mass is 9.91. The van der Waals surface area contributed by atoms with Gasteiger partial charge in [0.25, 0.3) is 0 Å². The van der Waals surface area contributed by atoms with Crippen LogP contribution in [-0.4, -0.2) is 5.78 Å². The summed E-state index contributed by atoms with van der Waals surface area (Å²) in [4.78, 5) is 11.8. The molecule has 0 spiro atoms. The number of hydrogen-bond donors (Lipinski definition) is 0. The third-order valence-corrected chi connectivity index (χ3v) is 2.91. The van der Waals surface area contributed by atoms with Gasteiger partial charge in [-0.15, -0.1) is 0 Å². The van der Waals surface area contributed by atoms with E-state index in [9.17, 15) is 4.79 Å². The van der Waals surface area contributed by atoms with Crippen molar-refractivity contribution in [2.75, 3.05) is 0 Å². The maximum atomic E-state index is 11.8. The molecule has 0 aliphatic carbocycles. The van der Waals surface area contributed by atoms with E-state index in [1.54, 1.807) is 6.07 Å². The predicted octanol–water partition coefficient (Wildman–Crippen LogP) is 3.52. The van der Waals surface area contributed by atoms with E-state index in [0.717, 1.165) is 0 Å². The van der Waals surface area contributed by atoms with Gasteiger partial charge in [-0.1, -0.05) is 20.8 Å². The Hall–Kier alpha value is -0.570. The number of rotatable bonds is 3. The minimum absolute atomic E-state index is 0.0360. The van der Waals surface area contributed by atoms with Crippen molar-refractivity contribution < 1.29 is 9.21 Å². The van der Waals surface area contributed by atoms with Crippen LogP contribution in [0.25, 0.3) is 0 Å². The van der Waals surface area contributed by atoms with Gasteiger partial charge in [0.1, 0.15) is 0 Å². The van der Waals surface area contributed by atoms with Gasteiger partial charge in [0.05, 0.1) is 11.8 Å². The maximum Gasteiger partial charge on any atom is 0.179 e. The Bertz CT molecular complexity index is 302. The lowest BCUT2D eigenvalue weighted by Crippen LogP contribution is -2.16. The van der Waals surface area contributed by atoms with Gasteiger partial charge >= 0.3 is 0 Å². The van der Waals surface area contributed by atoms with Gasteiger partial charge in [-0.2, -0.15) is 0 Å². The van der Waals surface area contributed by atoms with E-state index in [1.807, 2.05) is 20.8 Å². The van der Waals surface area contributed by atoms with Crippen molar-refractivity contribution >= 4 is 21.7 Å². The van der Waals surface area contributed by atoms with Gasteiger partial charge in [-0.05, 0) is 27.9 Å². The first-order valence-electron chi connectivity index (χ1n) is 4.31. The molecule has 0 aliphatic rings. The number of ketones is 1. The monoisotopic (exact) mass is 244 g/mol. The number of carbonyl (C=O) groups excluding carboxylic acids is 1. The fraction of sp³-hybridized carbons (Fsp3) is 0.500. The number of furan rings is 1. The van der Waals surface area contributed by atoms with Crippen LogP contribution in [0.3, 0.4) is 0 Å². The molecule has 0 N–H and O–H groups in total. The molecule has 0 radical (unpaired) electrons. The number of hydrogen-bond acceptors (Lipinski definition) is 2. The second-order valence-electron chi connectivity index (χ2n) is 3.50. The molecule has 0 fully saturated rings. The Kier molecular flexibility index (Phi) is 3.31. The van der Waals surface area contributed by atoms with E-state index in [-0.39, 0.29) is 11.7 Å². The molecule has 1 rings (SSSR count). The zero-order chi connectivity index (χ0) is 10.0. The molecule has 0 bridgehead atoms. The van der Waals surface area contributed by atoms with Crippen molar-refractivity contribution in [1.82, 2.24) is 0 Å². The molecular weight excluding hydrogens is 232 g/mol. The maximum absolute atomic E-state index is 11.8. The molecule has 13 heavy (non-hydrogen) atoms. The summed E-state index contributed by atoms with van der Waals surface area (Å²) in [5.74, 6) is 0.527. The first-order chi connectivity index (χ1) is 6.04. The molecule has 0 saturated carbocycles. The van der Waals surface area contributed by atoms with Crippen LogP contribution in [0.4, 0.5) is 0 Å². The Morgan fingerprint density at radius 3 is 2.46 bits per heavy atom. The van der Waals surface area contributed by atoms with Crippen LogP contribution in [0.5, 0.6) is 0 Å². The molecule has 1 aromatic rings. The van der Waals surface area contributed by atoms with Crippen molar-refractivity contribution in [3.63, 3.8) is 0 Å². The van der Waals surface area contributed by atoms with Gasteiger partial charge in [-0.25, -0.2) is 0 Å². The van der Waals surface area contributed by atoms with Crippen LogP contribution >= 0.6 is 15.9 Å². The van der Waals surface area contributed by atoms with Crippen molar-refractivity contribution in [3.8, 4) is 0 Å². The van der Waals surface area contributed by atoms with Gasteiger partial charge < -0.3 is 4.42 Å². The highest BCUT2D eigenvalue weighted by Gasteiger charge is 2.21. The normalized spacial score (nSPS) is 13.3. The van der Waals surface area contributed by atoms with Gasteiger partial charge in [0.2, 0.25) is 0 Å². The third-order valence-electron chi connectivity index (χ3n) is 2.30. The van der Waals surface area contributed by atoms with E-state index in [4.69, 9.17) is 4.42 Å². The average molecular weight is 245 g/mol. The second kappa shape index (κ2) is 4.09. The summed E-state index contributed by atoms with van der Waals surface area (Å²) in [7, 11) is 0. The van der Waals surface area contributed by atoms with Gasteiger partial charge in [-0.3, -0.25) is 4.79 Å². The zero-order valence-electron chi connectivity index (χ0n) is 8.00. The second-order valence-corrected chi connectivity index (χ2v) is 4.23. The number of carbonyl (C=O) groups is 1. The first kappa shape index (κ1) is 10.5. The molecule has 0 saturated heterocycles. The Labute approximate surface area is 86.4 Å². The molecule has 1 atom stereocenters. The highest BCUT2D eigenvalue weighted by molar-refractivity contribution is 9.10. The largest absolute Gasteiger partial charge is 0.457 e. The first-order valence-corrected chi connectivity index (χ1v) is 5.10. The van der Waals surface area contributed by atoms with Gasteiger partial charge in [0, 0.05) is 5.92 Å². The van der Waals surface area contributed by atoms with Crippen molar-refractivity contribution in [2.24, 2.45) is 11.8 Å². The SMILES string of the molecule is CC(C)C(C)C(=O)c1ccoc1Br. The lowest BCUT2D eigenvalue weighted by molar-refractivity contribution is 0.0898. The average Bonchev–Trinajstić information content (AvgIpc) is 2.48. The van der Waals surface area contributed by atoms with Crippen LogP contribution in [0, 0.1) is 11.8 Å². The quantitative estimate of drug-likeness (QED) is 0.762. The third kappa shape index (κ3) is 2.21. The summed E-state index contributed by atoms with van der Waals surface area (Å²) in [5, 5.41) is 0. The van der Waals surface area contributed by atoms with Crippen LogP contribution < -0.4 is 0 Å². The fourth-order valence-electron chi connectivity index (χ4n) is 1.02. The molecular formula is C10H13BrO2. The van der Waals surface area contributed by atoms with E-state index in [1.165, 1.54) is 6.26 Å². The van der Waals surface area contributed by atoms with E-state index < -0.39 is 0 Å². The molecule has 0 aliphatic heterocycles. The van der Waals surface area contributed by atoms with E-state index in [0.29, 0.717) is 16.2 Å². The molecule has 1 unspecified atom stereocenters. The van der Waals surface area contributed by atoms with Crippen LogP contribution in [0.15, 0.2) is 21.4 Å². The highest BCUT2D eigenvalue weighted by atomic mass is 79.9. The van der Waals surface area contributed by atoms with Crippen LogP contribution in [-0.2, 0) is 0 Å². The summed E-state index contributed by atoms with van der Waals surface area (Å²) in [6.07, 6.45) is 1.52. The molecule has 1 heterocycles. The Morgan fingerprint density at radius 2 is 2.08 bits per heavy atom. The smallest absolute Gasteiger partial charge is 0.179 e. The molecule has 72 valence electrons. The lowest BCUT2D eigenvalue weighted by Gasteiger charge is -2.12. The van der Waals surface area contributed by atoms with Gasteiger partial charge in [0.15, 0.2) is 10.5 Å². The minimum Gasteiger partial charge on any atom is -0.457 e. The molecule has 1 aromatic heterocycles. The summed E-state index contributed by atoms with van der Waals surface area (Å²) in [5.41, 5.74) is 0.640. The van der Waals surface area contributed by atoms with Crippen molar-refractivity contribution in [2.45, 2.75) is 20.8 Å². The topological polar surface area (TPSA) is 30.2 Å². The molecule has 0 amide bonds. The predicted molar refractivity (Wildman–Crippen MR) is 54.7 cm³/mol. The molecule has 2 nitrogen and oxygen atoms in total. The number of halogens is 1. The van der Waals surface area contributed by atoms with Crippen molar-refractivity contribution in [1.29, 1.82) is 0 Å². The van der Waals surface area contributed by atoms with E-state index in [2.05, 4.69) is 15.9 Å². The molecule has 0 aromatic carbocycles. The summed E-state index contributed by atoms with van der Waals surface area (Å²) in [6.45, 7) is 6.01. The number of Topliss-reactive ketones (excluding diaryl/α,β-unsaturated/α-hetero) is 1. The highest BCUT2D eigenvalue weighted by Crippen LogP contribution is 2.23. The summed E-state index contributed by atoms with van der Waals surface area (Å²) < 4.78 is 5.54. The summed E-state index contributed by atoms with van der Waals surface area (Å²) in [6, 6.07) is 1.70. The van der Waals surface area contributed by atoms with Crippen LogP contribution in [0.2, 0.25) is 0 Å². The Morgan fingerprint density at radius 1 is 1.46 bits per heavy atom. The van der Waals surface area contributed by atoms with Crippen molar-refractivity contribution in [3.05, 3.63) is 22.6 Å². The summed E-state index contributed by atoms with van der Waals surface area (Å²) >= 11 is 3.20. The Balaban J connectivity index is 2.86. The fourth-order valence-corrected chi connectivity index (χ4v) is 1.45. The van der Waals surface area contributed by atoms with Crippen LogP contribution in [0.1, 0.15) is 31.1 Å². The standard InChI is InChI=1S/C10H13BrO2/c1-6(2)7(3)9(12)8-4-5-13-10(8)11/h4-7H,1-3H3.